The van der Waals surface area contributed by atoms with Crippen molar-refractivity contribution in [2.75, 3.05) is 26.4 Å². The van der Waals surface area contributed by atoms with E-state index in [0.29, 0.717) is 26.4 Å². The summed E-state index contributed by atoms with van der Waals surface area (Å²) < 4.78 is 20.6. The maximum absolute atomic E-state index is 11.7. The minimum absolute atomic E-state index is 0.364. The van der Waals surface area contributed by atoms with E-state index in [4.69, 9.17) is 18.9 Å². The van der Waals surface area contributed by atoms with Crippen LogP contribution in [-0.4, -0.2) is 50.3 Å². The normalized spacial score (nSPS) is 23.0. The van der Waals surface area contributed by atoms with Gasteiger partial charge >= 0.3 is 23.9 Å². The number of rotatable bonds is 0. The van der Waals surface area contributed by atoms with Crippen molar-refractivity contribution in [3.63, 3.8) is 0 Å². The fourth-order valence-corrected chi connectivity index (χ4v) is 4.39. The summed E-state index contributed by atoms with van der Waals surface area (Å²) in [6, 6.07) is 0. The van der Waals surface area contributed by atoms with Crippen LogP contribution in [0.25, 0.3) is 0 Å². The van der Waals surface area contributed by atoms with Gasteiger partial charge in [-0.3, -0.25) is 0 Å². The van der Waals surface area contributed by atoms with Gasteiger partial charge in [-0.1, -0.05) is 103 Å². The van der Waals surface area contributed by atoms with Crippen LogP contribution in [0.15, 0.2) is 24.3 Å². The van der Waals surface area contributed by atoms with Crippen molar-refractivity contribution in [2.24, 2.45) is 0 Å². The Morgan fingerprint density at radius 3 is 0.600 bits per heavy atom. The second-order valence-electron chi connectivity index (χ2n) is 10.4. The van der Waals surface area contributed by atoms with Crippen molar-refractivity contribution in [3.8, 4) is 0 Å². The summed E-state index contributed by atoms with van der Waals surface area (Å²) in [6.45, 7) is 1.46. The second-order valence-corrected chi connectivity index (χ2v) is 10.4. The Hall–Kier alpha value is -2.64. The summed E-state index contributed by atoms with van der Waals surface area (Å²) >= 11 is 0. The zero-order valence-electron chi connectivity index (χ0n) is 24.5. The zero-order valence-corrected chi connectivity index (χ0v) is 24.5. The van der Waals surface area contributed by atoms with Crippen molar-refractivity contribution in [1.82, 2.24) is 0 Å². The molecule has 1 heterocycles. The Balaban J connectivity index is 2.27. The predicted octanol–water partition coefficient (Wildman–Crippen LogP) is 7.09. The van der Waals surface area contributed by atoms with Crippen molar-refractivity contribution in [3.05, 3.63) is 24.3 Å². The molecule has 0 atom stereocenters. The van der Waals surface area contributed by atoms with Crippen LogP contribution in [0.4, 0.5) is 0 Å². The third-order valence-electron chi connectivity index (χ3n) is 6.77. The molecular weight excluding hydrogens is 512 g/mol. The van der Waals surface area contributed by atoms with Crippen LogP contribution in [-0.2, 0) is 38.1 Å². The SMILES string of the molecule is O=C1/C=C\C(=O)OCCCCCCCCCCCCOC(=O)/C=C\C(=O)OCCCCCCCCCCCCO1. The van der Waals surface area contributed by atoms with Crippen LogP contribution >= 0.6 is 0 Å². The van der Waals surface area contributed by atoms with E-state index in [0.717, 1.165) is 127 Å². The topological polar surface area (TPSA) is 105 Å². The number of carbonyl (C=O) groups excluding carboxylic acids is 4. The van der Waals surface area contributed by atoms with Gasteiger partial charge < -0.3 is 18.9 Å². The predicted molar refractivity (Wildman–Crippen MR) is 154 cm³/mol. The van der Waals surface area contributed by atoms with E-state index in [-0.39, 0.29) is 0 Å². The molecule has 0 spiro atoms. The van der Waals surface area contributed by atoms with Gasteiger partial charge in [0.25, 0.3) is 0 Å². The van der Waals surface area contributed by atoms with E-state index in [2.05, 4.69) is 0 Å². The van der Waals surface area contributed by atoms with Gasteiger partial charge in [0.15, 0.2) is 0 Å². The first kappa shape index (κ1) is 35.4. The number of ether oxygens (including phenoxy) is 4. The van der Waals surface area contributed by atoms with Crippen molar-refractivity contribution >= 4 is 23.9 Å². The molecule has 0 aliphatic carbocycles. The van der Waals surface area contributed by atoms with E-state index in [1.165, 1.54) is 25.7 Å². The van der Waals surface area contributed by atoms with Gasteiger partial charge in [-0.15, -0.1) is 0 Å². The number of hydrogen-bond donors (Lipinski definition) is 0. The van der Waals surface area contributed by atoms with E-state index in [9.17, 15) is 19.2 Å². The van der Waals surface area contributed by atoms with Crippen LogP contribution < -0.4 is 0 Å². The monoisotopic (exact) mass is 564 g/mol. The molecule has 8 nitrogen and oxygen atoms in total. The summed E-state index contributed by atoms with van der Waals surface area (Å²) in [5.41, 5.74) is 0. The van der Waals surface area contributed by atoms with Gasteiger partial charge in [0, 0.05) is 24.3 Å². The Kier molecular flexibility index (Phi) is 23.5. The molecule has 0 N–H and O–H groups in total. The number of cyclic esters (lactones) is 4. The highest BCUT2D eigenvalue weighted by molar-refractivity contribution is 5.92. The number of carbonyl (C=O) groups is 4. The average Bonchev–Trinajstić information content (AvgIpc) is 2.94. The summed E-state index contributed by atoms with van der Waals surface area (Å²) in [6.07, 6.45) is 25.7. The number of hydrogen-bond acceptors (Lipinski definition) is 8. The molecule has 0 radical (unpaired) electrons. The maximum Gasteiger partial charge on any atom is 0.331 e. The van der Waals surface area contributed by atoms with Crippen molar-refractivity contribution in [2.45, 2.75) is 128 Å². The molecule has 1 rings (SSSR count). The summed E-state index contributed by atoms with van der Waals surface area (Å²) in [4.78, 5) is 47.0. The molecule has 0 aromatic heterocycles. The minimum Gasteiger partial charge on any atom is -0.463 e. The van der Waals surface area contributed by atoms with Gasteiger partial charge in [-0.25, -0.2) is 19.2 Å². The first-order valence-corrected chi connectivity index (χ1v) is 15.6. The summed E-state index contributed by atoms with van der Waals surface area (Å²) in [5, 5.41) is 0. The molecule has 0 fully saturated rings. The molecule has 1 aliphatic rings. The molecule has 0 saturated heterocycles. The van der Waals surface area contributed by atoms with Crippen LogP contribution in [0, 0.1) is 0 Å². The Morgan fingerprint density at radius 1 is 0.275 bits per heavy atom. The Bertz CT molecular complexity index is 621. The molecule has 8 heteroatoms. The van der Waals surface area contributed by atoms with Gasteiger partial charge in [0.2, 0.25) is 0 Å². The Labute approximate surface area is 241 Å². The highest BCUT2D eigenvalue weighted by Gasteiger charge is 2.03. The van der Waals surface area contributed by atoms with Crippen molar-refractivity contribution in [1.29, 1.82) is 0 Å². The third kappa shape index (κ3) is 24.4. The maximum atomic E-state index is 11.7. The lowest BCUT2D eigenvalue weighted by Gasteiger charge is -2.05. The largest absolute Gasteiger partial charge is 0.463 e. The fraction of sp³-hybridized carbons (Fsp3) is 0.750. The molecule has 0 saturated carbocycles. The van der Waals surface area contributed by atoms with Crippen LogP contribution in [0.2, 0.25) is 0 Å². The van der Waals surface area contributed by atoms with Crippen LogP contribution in [0.5, 0.6) is 0 Å². The minimum atomic E-state index is -0.505. The van der Waals surface area contributed by atoms with E-state index < -0.39 is 23.9 Å². The van der Waals surface area contributed by atoms with E-state index in [1.54, 1.807) is 0 Å². The average molecular weight is 565 g/mol. The summed E-state index contributed by atoms with van der Waals surface area (Å²) in [7, 11) is 0. The molecule has 0 aromatic carbocycles. The van der Waals surface area contributed by atoms with Crippen LogP contribution in [0.1, 0.15) is 128 Å². The standard InChI is InChI=1S/C32H52O8/c33-29-21-22-31(35)39-27-19-15-11-7-3-4-8-12-16-20-28-40-32(36)24-23-30(34)38-26-18-14-10-6-2-1-5-9-13-17-25-37-29/h21-24H,1-20,25-28H2/b22-21-,24-23-. The first-order valence-electron chi connectivity index (χ1n) is 15.6. The van der Waals surface area contributed by atoms with Gasteiger partial charge in [-0.05, 0) is 25.7 Å². The third-order valence-corrected chi connectivity index (χ3v) is 6.77. The molecule has 40 heavy (non-hydrogen) atoms. The zero-order chi connectivity index (χ0) is 28.9. The number of esters is 4. The molecule has 0 bridgehead atoms. The van der Waals surface area contributed by atoms with Gasteiger partial charge in [0.05, 0.1) is 26.4 Å². The molecule has 228 valence electrons. The van der Waals surface area contributed by atoms with Gasteiger partial charge in [-0.2, -0.15) is 0 Å². The molecule has 0 unspecified atom stereocenters. The highest BCUT2D eigenvalue weighted by atomic mass is 16.5. The fourth-order valence-electron chi connectivity index (χ4n) is 4.39. The van der Waals surface area contributed by atoms with E-state index in [1.807, 2.05) is 0 Å². The first-order chi connectivity index (χ1) is 19.6. The smallest absolute Gasteiger partial charge is 0.331 e. The van der Waals surface area contributed by atoms with Crippen molar-refractivity contribution < 1.29 is 38.1 Å². The lowest BCUT2D eigenvalue weighted by atomic mass is 10.1. The highest BCUT2D eigenvalue weighted by Crippen LogP contribution is 2.12. The summed E-state index contributed by atoms with van der Waals surface area (Å²) in [5.74, 6) is -2.02. The molecule has 0 amide bonds. The molecule has 0 aromatic rings. The van der Waals surface area contributed by atoms with Gasteiger partial charge in [0.1, 0.15) is 0 Å². The Morgan fingerprint density at radius 2 is 0.425 bits per heavy atom. The molecule has 1 aliphatic heterocycles. The lowest BCUT2D eigenvalue weighted by Crippen LogP contribution is -2.06. The van der Waals surface area contributed by atoms with Crippen LogP contribution in [0.3, 0.4) is 0 Å². The lowest BCUT2D eigenvalue weighted by molar-refractivity contribution is -0.140. The molecular formula is C32H52O8. The second kappa shape index (κ2) is 26.6. The quantitative estimate of drug-likeness (QED) is 0.227. The van der Waals surface area contributed by atoms with E-state index >= 15 is 0 Å².